The summed E-state index contributed by atoms with van der Waals surface area (Å²) in [6.07, 6.45) is -4.33. The van der Waals surface area contributed by atoms with Gasteiger partial charge in [-0.15, -0.1) is 0 Å². The zero-order valence-corrected chi connectivity index (χ0v) is 13.6. The average molecular weight is 316 g/mol. The molecule has 0 heterocycles. The molecule has 0 spiro atoms. The van der Waals surface area contributed by atoms with Crippen LogP contribution < -0.4 is 5.32 Å². The second-order valence-corrected chi connectivity index (χ2v) is 6.53. The number of nitrogens with zero attached hydrogens (tertiary/aromatic N) is 1. The topological polar surface area (TPSA) is 32.3 Å². The fourth-order valence-electron chi connectivity index (χ4n) is 1.90. The van der Waals surface area contributed by atoms with Gasteiger partial charge < -0.3 is 5.32 Å². The minimum absolute atomic E-state index is 0.109. The summed E-state index contributed by atoms with van der Waals surface area (Å²) in [7, 11) is 1.77. The second kappa shape index (κ2) is 6.69. The Morgan fingerprint density at radius 3 is 2.09 bits per heavy atom. The number of rotatable bonds is 4. The van der Waals surface area contributed by atoms with Crippen molar-refractivity contribution in [1.29, 1.82) is 0 Å². The SMILES string of the molecule is CC(C(=O)NC(C)(C)C)N(C)Cc1ccc(C(F)(F)F)cc1. The predicted octanol–water partition coefficient (Wildman–Crippen LogP) is 3.44. The first kappa shape index (κ1) is 18.5. The summed E-state index contributed by atoms with van der Waals surface area (Å²) < 4.78 is 37.5. The van der Waals surface area contributed by atoms with Crippen molar-refractivity contribution in [3.05, 3.63) is 35.4 Å². The summed E-state index contributed by atoms with van der Waals surface area (Å²) in [5.74, 6) is -0.109. The standard InChI is InChI=1S/C16H23F3N2O/c1-11(14(22)20-15(2,3)4)21(5)10-12-6-8-13(9-7-12)16(17,18)19/h6-9,11H,10H2,1-5H3,(H,20,22). The van der Waals surface area contributed by atoms with Crippen LogP contribution in [-0.4, -0.2) is 29.4 Å². The van der Waals surface area contributed by atoms with E-state index >= 15 is 0 Å². The number of hydrogen-bond donors (Lipinski definition) is 1. The van der Waals surface area contributed by atoms with Crippen LogP contribution in [0.15, 0.2) is 24.3 Å². The molecule has 0 saturated carbocycles. The summed E-state index contributed by atoms with van der Waals surface area (Å²) >= 11 is 0. The lowest BCUT2D eigenvalue weighted by atomic mass is 10.1. The quantitative estimate of drug-likeness (QED) is 0.923. The molecule has 1 aromatic carbocycles. The van der Waals surface area contributed by atoms with E-state index in [-0.39, 0.29) is 17.5 Å². The Labute approximate surface area is 129 Å². The van der Waals surface area contributed by atoms with Gasteiger partial charge in [-0.1, -0.05) is 12.1 Å². The molecule has 6 heteroatoms. The smallest absolute Gasteiger partial charge is 0.350 e. The first-order valence-corrected chi connectivity index (χ1v) is 7.08. The maximum absolute atomic E-state index is 12.5. The summed E-state index contributed by atoms with van der Waals surface area (Å²) in [6, 6.07) is 4.62. The third kappa shape index (κ3) is 5.67. The Balaban J connectivity index is 2.68. The van der Waals surface area contributed by atoms with E-state index in [4.69, 9.17) is 0 Å². The molecule has 0 bridgehead atoms. The average Bonchev–Trinajstić information content (AvgIpc) is 2.35. The number of benzene rings is 1. The number of hydrogen-bond acceptors (Lipinski definition) is 2. The number of amides is 1. The maximum atomic E-state index is 12.5. The molecule has 0 aromatic heterocycles. The van der Waals surface area contributed by atoms with Crippen molar-refractivity contribution in [2.75, 3.05) is 7.05 Å². The van der Waals surface area contributed by atoms with Crippen molar-refractivity contribution in [3.8, 4) is 0 Å². The highest BCUT2D eigenvalue weighted by molar-refractivity contribution is 5.81. The van der Waals surface area contributed by atoms with E-state index in [1.54, 1.807) is 18.9 Å². The lowest BCUT2D eigenvalue weighted by Crippen LogP contribution is -2.49. The minimum Gasteiger partial charge on any atom is -0.350 e. The van der Waals surface area contributed by atoms with Gasteiger partial charge in [0.1, 0.15) is 0 Å². The van der Waals surface area contributed by atoms with Crippen LogP contribution in [0.4, 0.5) is 13.2 Å². The van der Waals surface area contributed by atoms with Crippen LogP contribution in [0, 0.1) is 0 Å². The minimum atomic E-state index is -4.33. The summed E-state index contributed by atoms with van der Waals surface area (Å²) in [6.45, 7) is 7.86. The van der Waals surface area contributed by atoms with Crippen LogP contribution >= 0.6 is 0 Å². The number of carbonyl (C=O) groups is 1. The number of halogens is 3. The van der Waals surface area contributed by atoms with Crippen LogP contribution in [0.1, 0.15) is 38.8 Å². The Hall–Kier alpha value is -1.56. The van der Waals surface area contributed by atoms with Gasteiger partial charge in [-0.3, -0.25) is 9.69 Å². The van der Waals surface area contributed by atoms with Crippen molar-refractivity contribution >= 4 is 5.91 Å². The lowest BCUT2D eigenvalue weighted by molar-refractivity contribution is -0.137. The van der Waals surface area contributed by atoms with Gasteiger partial charge in [0.15, 0.2) is 0 Å². The highest BCUT2D eigenvalue weighted by atomic mass is 19.4. The summed E-state index contributed by atoms with van der Waals surface area (Å²) in [4.78, 5) is 13.9. The van der Waals surface area contributed by atoms with Crippen LogP contribution in [-0.2, 0) is 17.5 Å². The third-order valence-corrected chi connectivity index (χ3v) is 3.25. The van der Waals surface area contributed by atoms with E-state index in [1.165, 1.54) is 12.1 Å². The van der Waals surface area contributed by atoms with E-state index < -0.39 is 11.7 Å². The summed E-state index contributed by atoms with van der Waals surface area (Å²) in [5.41, 5.74) is -0.260. The molecule has 0 fully saturated rings. The van der Waals surface area contributed by atoms with Crippen LogP contribution in [0.3, 0.4) is 0 Å². The van der Waals surface area contributed by atoms with Gasteiger partial charge >= 0.3 is 6.18 Å². The Kier molecular flexibility index (Phi) is 5.62. The van der Waals surface area contributed by atoms with Gasteiger partial charge in [0, 0.05) is 12.1 Å². The largest absolute Gasteiger partial charge is 0.416 e. The molecule has 0 aliphatic rings. The van der Waals surface area contributed by atoms with Gasteiger partial charge in [0.2, 0.25) is 5.91 Å². The number of likely N-dealkylation sites (N-methyl/N-ethyl adjacent to an activating group) is 1. The van der Waals surface area contributed by atoms with Gasteiger partial charge in [0.05, 0.1) is 11.6 Å². The molecular weight excluding hydrogens is 293 g/mol. The molecule has 124 valence electrons. The van der Waals surface area contributed by atoms with Gasteiger partial charge in [0.25, 0.3) is 0 Å². The van der Waals surface area contributed by atoms with Crippen LogP contribution in [0.25, 0.3) is 0 Å². The summed E-state index contributed by atoms with van der Waals surface area (Å²) in [5, 5.41) is 2.89. The van der Waals surface area contributed by atoms with Gasteiger partial charge in [-0.25, -0.2) is 0 Å². The second-order valence-electron chi connectivity index (χ2n) is 6.53. The maximum Gasteiger partial charge on any atom is 0.416 e. The third-order valence-electron chi connectivity index (χ3n) is 3.25. The van der Waals surface area contributed by atoms with Gasteiger partial charge in [-0.2, -0.15) is 13.2 Å². The lowest BCUT2D eigenvalue weighted by Gasteiger charge is -2.28. The molecule has 3 nitrogen and oxygen atoms in total. The molecule has 0 aliphatic carbocycles. The van der Waals surface area contributed by atoms with E-state index in [2.05, 4.69) is 5.32 Å². The number of nitrogens with one attached hydrogen (secondary N) is 1. The molecule has 1 unspecified atom stereocenters. The van der Waals surface area contributed by atoms with Crippen LogP contribution in [0.2, 0.25) is 0 Å². The highest BCUT2D eigenvalue weighted by Crippen LogP contribution is 2.29. The monoisotopic (exact) mass is 316 g/mol. The molecule has 0 aliphatic heterocycles. The van der Waals surface area contributed by atoms with Crippen molar-refractivity contribution in [1.82, 2.24) is 10.2 Å². The normalized spacial score (nSPS) is 14.0. The highest BCUT2D eigenvalue weighted by Gasteiger charge is 2.30. The molecule has 1 rings (SSSR count). The Morgan fingerprint density at radius 2 is 1.68 bits per heavy atom. The van der Waals surface area contributed by atoms with Crippen molar-refractivity contribution in [2.45, 2.75) is 52.0 Å². The zero-order chi connectivity index (χ0) is 17.1. The molecule has 1 N–H and O–H groups in total. The molecule has 1 atom stereocenters. The van der Waals surface area contributed by atoms with E-state index in [1.807, 2.05) is 20.8 Å². The van der Waals surface area contributed by atoms with Gasteiger partial charge in [-0.05, 0) is 52.4 Å². The molecule has 22 heavy (non-hydrogen) atoms. The van der Waals surface area contributed by atoms with Crippen molar-refractivity contribution in [3.63, 3.8) is 0 Å². The Bertz CT molecular complexity index is 504. The van der Waals surface area contributed by atoms with Crippen molar-refractivity contribution in [2.24, 2.45) is 0 Å². The molecule has 1 aromatic rings. The van der Waals surface area contributed by atoms with E-state index in [9.17, 15) is 18.0 Å². The Morgan fingerprint density at radius 1 is 1.18 bits per heavy atom. The number of alkyl halides is 3. The predicted molar refractivity (Wildman–Crippen MR) is 80.3 cm³/mol. The zero-order valence-electron chi connectivity index (χ0n) is 13.6. The molecule has 0 saturated heterocycles. The fourth-order valence-corrected chi connectivity index (χ4v) is 1.90. The van der Waals surface area contributed by atoms with E-state index in [0.717, 1.165) is 17.7 Å². The van der Waals surface area contributed by atoms with E-state index in [0.29, 0.717) is 6.54 Å². The van der Waals surface area contributed by atoms with Crippen molar-refractivity contribution < 1.29 is 18.0 Å². The first-order chi connectivity index (χ1) is 9.90. The molecule has 0 radical (unpaired) electrons. The molecular formula is C16H23F3N2O. The first-order valence-electron chi connectivity index (χ1n) is 7.08. The molecule has 1 amide bonds. The van der Waals surface area contributed by atoms with Crippen LogP contribution in [0.5, 0.6) is 0 Å². The fraction of sp³-hybridized carbons (Fsp3) is 0.562. The number of carbonyl (C=O) groups excluding carboxylic acids is 1.